The number of hydrogen-bond acceptors (Lipinski definition) is 11. The largest absolute Gasteiger partial charge is 0.378 e. The van der Waals surface area contributed by atoms with E-state index in [1.165, 1.54) is 16.8 Å². The Bertz CT molecular complexity index is 614. The van der Waals surface area contributed by atoms with Gasteiger partial charge in [-0.3, -0.25) is 14.4 Å². The highest BCUT2D eigenvalue weighted by Gasteiger charge is 2.18. The number of nitrogens with two attached hydrogens (primary N) is 1. The van der Waals surface area contributed by atoms with Crippen LogP contribution in [0.2, 0.25) is 0 Å². The highest BCUT2D eigenvalue weighted by atomic mass is 16.6. The summed E-state index contributed by atoms with van der Waals surface area (Å²) in [6.07, 6.45) is 0. The maximum Gasteiger partial charge on any atom is 0.242 e. The summed E-state index contributed by atoms with van der Waals surface area (Å²) in [6.45, 7) is 6.47. The average Bonchev–Trinajstić information content (AvgIpc) is 2.86. The van der Waals surface area contributed by atoms with Gasteiger partial charge in [0.25, 0.3) is 0 Å². The molecular formula is C24H49N5O9. The first-order chi connectivity index (χ1) is 18.3. The van der Waals surface area contributed by atoms with E-state index < -0.39 is 0 Å². The van der Waals surface area contributed by atoms with E-state index in [-0.39, 0.29) is 37.4 Å². The molecule has 0 unspecified atom stereocenters. The van der Waals surface area contributed by atoms with Crippen LogP contribution in [0.1, 0.15) is 0 Å². The smallest absolute Gasteiger partial charge is 0.242 e. The van der Waals surface area contributed by atoms with Crippen LogP contribution in [0, 0.1) is 0 Å². The van der Waals surface area contributed by atoms with Gasteiger partial charge in [0.15, 0.2) is 0 Å². The third kappa shape index (κ3) is 23.2. The van der Waals surface area contributed by atoms with Crippen molar-refractivity contribution in [3.63, 3.8) is 0 Å². The highest BCUT2D eigenvalue weighted by molar-refractivity contribution is 5.88. The molecule has 0 aliphatic heterocycles. The maximum atomic E-state index is 12.2. The van der Waals surface area contributed by atoms with Gasteiger partial charge in [-0.1, -0.05) is 0 Å². The van der Waals surface area contributed by atoms with Crippen molar-refractivity contribution in [1.29, 1.82) is 0 Å². The number of carbonyl (C=O) groups is 3. The van der Waals surface area contributed by atoms with E-state index in [1.54, 1.807) is 26.0 Å². The Morgan fingerprint density at radius 2 is 0.921 bits per heavy atom. The Morgan fingerprint density at radius 1 is 0.553 bits per heavy atom. The van der Waals surface area contributed by atoms with Crippen LogP contribution in [0.4, 0.5) is 0 Å². The molecule has 14 nitrogen and oxygen atoms in total. The van der Waals surface area contributed by atoms with E-state index >= 15 is 0 Å². The number of hydrogen-bond donors (Lipinski definition) is 2. The molecule has 0 aromatic heterocycles. The Balaban J connectivity index is 3.48. The molecule has 0 aromatic rings. The minimum absolute atomic E-state index is 0.0825. The fourth-order valence-corrected chi connectivity index (χ4v) is 2.71. The van der Waals surface area contributed by atoms with Crippen LogP contribution in [-0.2, 0) is 42.8 Å². The lowest BCUT2D eigenvalue weighted by atomic mass is 10.4. The molecule has 0 aromatic carbocycles. The first-order valence-electron chi connectivity index (χ1n) is 12.8. The molecule has 0 radical (unpaired) electrons. The molecule has 0 fully saturated rings. The van der Waals surface area contributed by atoms with Crippen LogP contribution >= 0.6 is 0 Å². The molecule has 0 atom stereocenters. The lowest BCUT2D eigenvalue weighted by molar-refractivity contribution is -0.140. The van der Waals surface area contributed by atoms with Crippen molar-refractivity contribution in [3.05, 3.63) is 0 Å². The summed E-state index contributed by atoms with van der Waals surface area (Å²) in [4.78, 5) is 40.5. The van der Waals surface area contributed by atoms with Crippen molar-refractivity contribution in [2.75, 3.05) is 140 Å². The lowest BCUT2D eigenvalue weighted by Gasteiger charge is -2.22. The zero-order valence-corrected chi connectivity index (χ0v) is 23.6. The van der Waals surface area contributed by atoms with E-state index in [1.807, 2.05) is 0 Å². The molecule has 0 aliphatic carbocycles. The summed E-state index contributed by atoms with van der Waals surface area (Å²) in [5, 5.41) is 2.69. The molecule has 3 amide bonds. The van der Waals surface area contributed by atoms with Gasteiger partial charge >= 0.3 is 0 Å². The summed E-state index contributed by atoms with van der Waals surface area (Å²) < 4.78 is 32.2. The first-order valence-corrected chi connectivity index (χ1v) is 12.8. The number of rotatable bonds is 26. The van der Waals surface area contributed by atoms with E-state index in [2.05, 4.69) is 5.32 Å². The summed E-state index contributed by atoms with van der Waals surface area (Å²) in [6, 6.07) is 0. The van der Waals surface area contributed by atoms with Crippen LogP contribution in [0.15, 0.2) is 0 Å². The fourth-order valence-electron chi connectivity index (χ4n) is 2.71. The van der Waals surface area contributed by atoms with Gasteiger partial charge in [-0.15, -0.1) is 0 Å². The van der Waals surface area contributed by atoms with E-state index in [9.17, 15) is 14.4 Å². The summed E-state index contributed by atoms with van der Waals surface area (Å²) in [5.41, 5.74) is 5.31. The van der Waals surface area contributed by atoms with Crippen LogP contribution in [-0.4, -0.2) is 173 Å². The standard InChI is InChI=1S/C24H49N5O9/c1-27(2)20-23(31)29(4)21-24(32)28(3)19-22(30)26-6-8-34-10-12-36-14-16-38-18-17-37-15-13-35-11-9-33-7-5-25/h5-21,25H2,1-4H3,(H,26,30). The molecular weight excluding hydrogens is 502 g/mol. The third-order valence-electron chi connectivity index (χ3n) is 4.75. The molecule has 0 heterocycles. The summed E-state index contributed by atoms with van der Waals surface area (Å²) in [7, 11) is 6.64. The SMILES string of the molecule is CN(C)CC(=O)N(C)CC(=O)N(C)CC(=O)NCCOCCOCCOCCOCCOCCOCCN. The molecule has 0 bridgehead atoms. The van der Waals surface area contributed by atoms with Gasteiger partial charge in [0.2, 0.25) is 17.7 Å². The Morgan fingerprint density at radius 3 is 1.34 bits per heavy atom. The number of ether oxygens (including phenoxy) is 6. The molecule has 38 heavy (non-hydrogen) atoms. The van der Waals surface area contributed by atoms with Crippen molar-refractivity contribution in [1.82, 2.24) is 20.0 Å². The number of likely N-dealkylation sites (N-methyl/N-ethyl adjacent to an activating group) is 3. The predicted octanol–water partition coefficient (Wildman–Crippen LogP) is -2.36. The van der Waals surface area contributed by atoms with Crippen molar-refractivity contribution >= 4 is 17.7 Å². The minimum Gasteiger partial charge on any atom is -0.378 e. The maximum absolute atomic E-state index is 12.2. The van der Waals surface area contributed by atoms with E-state index in [4.69, 9.17) is 34.2 Å². The van der Waals surface area contributed by atoms with Gasteiger partial charge < -0.3 is 54.2 Å². The number of nitrogens with zero attached hydrogens (tertiary/aromatic N) is 3. The normalized spacial score (nSPS) is 11.1. The molecule has 3 N–H and O–H groups in total. The van der Waals surface area contributed by atoms with Gasteiger partial charge in [-0.25, -0.2) is 0 Å². The zero-order chi connectivity index (χ0) is 28.4. The Kier molecular flexibility index (Phi) is 24.1. The van der Waals surface area contributed by atoms with Crippen LogP contribution in [0.5, 0.6) is 0 Å². The second-order valence-electron chi connectivity index (χ2n) is 8.55. The number of carbonyl (C=O) groups excluding carboxylic acids is 3. The van der Waals surface area contributed by atoms with Gasteiger partial charge in [0.1, 0.15) is 0 Å². The van der Waals surface area contributed by atoms with Crippen molar-refractivity contribution in [2.24, 2.45) is 5.73 Å². The highest BCUT2D eigenvalue weighted by Crippen LogP contribution is 1.92. The Hall–Kier alpha value is -1.91. The molecule has 0 saturated heterocycles. The molecule has 0 rings (SSSR count). The molecule has 0 aliphatic rings. The van der Waals surface area contributed by atoms with Gasteiger partial charge in [-0.2, -0.15) is 0 Å². The van der Waals surface area contributed by atoms with Crippen molar-refractivity contribution < 1.29 is 42.8 Å². The second-order valence-corrected chi connectivity index (χ2v) is 8.55. The predicted molar refractivity (Wildman–Crippen MR) is 141 cm³/mol. The second kappa shape index (κ2) is 25.4. The van der Waals surface area contributed by atoms with Gasteiger partial charge in [0.05, 0.1) is 98.9 Å². The number of nitrogens with one attached hydrogen (secondary N) is 1. The van der Waals surface area contributed by atoms with E-state index in [0.717, 1.165) is 0 Å². The van der Waals surface area contributed by atoms with Crippen molar-refractivity contribution in [3.8, 4) is 0 Å². The molecule has 14 heteroatoms. The quantitative estimate of drug-likeness (QED) is 0.111. The van der Waals surface area contributed by atoms with Gasteiger partial charge in [0, 0.05) is 27.2 Å². The molecule has 0 saturated carbocycles. The van der Waals surface area contributed by atoms with Crippen molar-refractivity contribution in [2.45, 2.75) is 0 Å². The average molecular weight is 552 g/mol. The summed E-state index contributed by atoms with van der Waals surface area (Å²) in [5.74, 6) is -0.783. The minimum atomic E-state index is -0.314. The third-order valence-corrected chi connectivity index (χ3v) is 4.75. The Labute approximate surface area is 226 Å². The zero-order valence-electron chi connectivity index (χ0n) is 23.6. The van der Waals surface area contributed by atoms with E-state index in [0.29, 0.717) is 92.4 Å². The van der Waals surface area contributed by atoms with Crippen LogP contribution in [0.3, 0.4) is 0 Å². The molecule has 0 spiro atoms. The monoisotopic (exact) mass is 551 g/mol. The number of amides is 3. The van der Waals surface area contributed by atoms with Gasteiger partial charge in [-0.05, 0) is 14.1 Å². The van der Waals surface area contributed by atoms with Crippen LogP contribution in [0.25, 0.3) is 0 Å². The molecule has 224 valence electrons. The lowest BCUT2D eigenvalue weighted by Crippen LogP contribution is -2.45. The summed E-state index contributed by atoms with van der Waals surface area (Å²) >= 11 is 0. The topological polar surface area (TPSA) is 154 Å². The fraction of sp³-hybridized carbons (Fsp3) is 0.875. The first kappa shape index (κ1) is 36.1. The van der Waals surface area contributed by atoms with Crippen LogP contribution < -0.4 is 11.1 Å².